The van der Waals surface area contributed by atoms with Crippen molar-refractivity contribution in [3.05, 3.63) is 0 Å². The summed E-state index contributed by atoms with van der Waals surface area (Å²) in [6.07, 6.45) is 1.08. The molecule has 0 aromatic rings. The number of hydrogen-bond acceptors (Lipinski definition) is 4. The second kappa shape index (κ2) is 4.09. The first-order chi connectivity index (χ1) is 6.72. The minimum Gasteiger partial charge on any atom is -0.334 e. The smallest absolute Gasteiger partial charge is 0.238 e. The Kier molecular flexibility index (Phi) is 3.40. The van der Waals surface area contributed by atoms with Gasteiger partial charge in [0, 0.05) is 31.4 Å². The van der Waals surface area contributed by atoms with Crippen molar-refractivity contribution in [1.82, 2.24) is 10.2 Å². The van der Waals surface area contributed by atoms with E-state index in [1.807, 2.05) is 13.8 Å². The number of amides is 1. The highest BCUT2D eigenvalue weighted by Gasteiger charge is 2.34. The van der Waals surface area contributed by atoms with E-state index in [4.69, 9.17) is 0 Å². The van der Waals surface area contributed by atoms with Crippen LogP contribution in [-0.2, 0) is 14.6 Å². The average molecular weight is 234 g/mol. The molecule has 1 amide bonds. The minimum absolute atomic E-state index is 0.302. The summed E-state index contributed by atoms with van der Waals surface area (Å²) in [6, 6.07) is 0. The molecule has 1 aliphatic heterocycles. The molecule has 1 heterocycles. The zero-order valence-electron chi connectivity index (χ0n) is 9.41. The lowest BCUT2D eigenvalue weighted by molar-refractivity contribution is -0.134. The Morgan fingerprint density at radius 3 is 2.53 bits per heavy atom. The highest BCUT2D eigenvalue weighted by atomic mass is 32.2. The lowest BCUT2D eigenvalue weighted by atomic mass is 10.0. The zero-order valence-corrected chi connectivity index (χ0v) is 10.2. The number of nitrogens with zero attached hydrogens (tertiary/aromatic N) is 1. The van der Waals surface area contributed by atoms with Gasteiger partial charge in [0.2, 0.25) is 5.91 Å². The third kappa shape index (κ3) is 3.46. The highest BCUT2D eigenvalue weighted by Crippen LogP contribution is 2.16. The molecule has 15 heavy (non-hydrogen) atoms. The summed E-state index contributed by atoms with van der Waals surface area (Å²) in [7, 11) is -3.23. The normalized spacial score (nSPS) is 21.4. The number of sulfone groups is 1. The first kappa shape index (κ1) is 12.4. The summed E-state index contributed by atoms with van der Waals surface area (Å²) in [6.45, 7) is 5.85. The average Bonchev–Trinajstić information content (AvgIpc) is 1.99. The van der Waals surface area contributed by atoms with Gasteiger partial charge >= 0.3 is 0 Å². The Balaban J connectivity index is 2.74. The number of rotatable bonds is 2. The van der Waals surface area contributed by atoms with Gasteiger partial charge in [0.1, 0.15) is 5.75 Å². The van der Waals surface area contributed by atoms with Crippen LogP contribution in [0.25, 0.3) is 0 Å². The molecule has 0 bridgehead atoms. The Morgan fingerprint density at radius 2 is 2.07 bits per heavy atom. The summed E-state index contributed by atoms with van der Waals surface area (Å²) in [5, 5.41) is 3.18. The van der Waals surface area contributed by atoms with Crippen molar-refractivity contribution in [2.24, 2.45) is 0 Å². The fraction of sp³-hybridized carbons (Fsp3) is 0.889. The summed E-state index contributed by atoms with van der Waals surface area (Å²) in [5.74, 6) is -0.694. The quantitative estimate of drug-likeness (QED) is 0.682. The molecule has 0 aromatic heterocycles. The Hall–Kier alpha value is -0.620. The van der Waals surface area contributed by atoms with E-state index in [0.29, 0.717) is 13.1 Å². The predicted molar refractivity (Wildman–Crippen MR) is 58.4 cm³/mol. The maximum absolute atomic E-state index is 11.7. The molecule has 0 radical (unpaired) electrons. The molecule has 6 heteroatoms. The summed E-state index contributed by atoms with van der Waals surface area (Å²) < 4.78 is 22.1. The molecule has 5 nitrogen and oxygen atoms in total. The van der Waals surface area contributed by atoms with Crippen LogP contribution in [0.2, 0.25) is 0 Å². The van der Waals surface area contributed by atoms with Gasteiger partial charge in [0.05, 0.1) is 0 Å². The molecule has 1 N–H and O–H groups in total. The second-order valence-corrected chi connectivity index (χ2v) is 6.74. The third-order valence-electron chi connectivity index (χ3n) is 2.49. The van der Waals surface area contributed by atoms with E-state index in [-0.39, 0.29) is 11.4 Å². The molecule has 0 aliphatic carbocycles. The van der Waals surface area contributed by atoms with Crippen molar-refractivity contribution in [3.8, 4) is 0 Å². The van der Waals surface area contributed by atoms with Crippen molar-refractivity contribution >= 4 is 15.7 Å². The molecule has 0 saturated carbocycles. The summed E-state index contributed by atoms with van der Waals surface area (Å²) in [5.41, 5.74) is -0.306. The van der Waals surface area contributed by atoms with Gasteiger partial charge in [-0.2, -0.15) is 0 Å². The monoisotopic (exact) mass is 234 g/mol. The standard InChI is InChI=1S/C9H18N2O3S/c1-9(2)7-10-4-5-11(9)8(12)6-15(3,13)14/h10H,4-7H2,1-3H3. The maximum atomic E-state index is 11.7. The maximum Gasteiger partial charge on any atom is 0.238 e. The van der Waals surface area contributed by atoms with E-state index in [2.05, 4.69) is 5.32 Å². The van der Waals surface area contributed by atoms with Crippen molar-refractivity contribution < 1.29 is 13.2 Å². The van der Waals surface area contributed by atoms with Gasteiger partial charge in [-0.15, -0.1) is 0 Å². The molecule has 0 spiro atoms. The highest BCUT2D eigenvalue weighted by molar-refractivity contribution is 7.91. The van der Waals surface area contributed by atoms with Crippen LogP contribution in [0.1, 0.15) is 13.8 Å². The molecule has 1 saturated heterocycles. The van der Waals surface area contributed by atoms with Gasteiger partial charge in [-0.05, 0) is 13.8 Å². The topological polar surface area (TPSA) is 66.5 Å². The number of carbonyl (C=O) groups is 1. The molecule has 0 atom stereocenters. The first-order valence-corrected chi connectivity index (χ1v) is 6.97. The minimum atomic E-state index is -3.23. The molecule has 88 valence electrons. The van der Waals surface area contributed by atoms with Gasteiger partial charge in [-0.3, -0.25) is 4.79 Å². The molecule has 1 fully saturated rings. The molecule has 0 aromatic carbocycles. The fourth-order valence-corrected chi connectivity index (χ4v) is 2.35. The molecule has 0 unspecified atom stereocenters. The van der Waals surface area contributed by atoms with Gasteiger partial charge in [-0.1, -0.05) is 0 Å². The lowest BCUT2D eigenvalue weighted by Gasteiger charge is -2.42. The van der Waals surface area contributed by atoms with Crippen LogP contribution in [0.5, 0.6) is 0 Å². The van der Waals surface area contributed by atoms with Crippen LogP contribution in [0.15, 0.2) is 0 Å². The Bertz CT molecular complexity index is 348. The number of nitrogens with one attached hydrogen (secondary N) is 1. The van der Waals surface area contributed by atoms with Crippen molar-refractivity contribution in [2.45, 2.75) is 19.4 Å². The van der Waals surface area contributed by atoms with Crippen LogP contribution in [0.3, 0.4) is 0 Å². The molecular formula is C9H18N2O3S. The molecular weight excluding hydrogens is 216 g/mol. The van der Waals surface area contributed by atoms with Gasteiger partial charge in [-0.25, -0.2) is 8.42 Å². The van der Waals surface area contributed by atoms with Crippen LogP contribution in [-0.4, -0.2) is 56.4 Å². The Morgan fingerprint density at radius 1 is 1.47 bits per heavy atom. The van der Waals surface area contributed by atoms with E-state index in [1.165, 1.54) is 0 Å². The lowest BCUT2D eigenvalue weighted by Crippen LogP contribution is -2.60. The molecule has 1 rings (SSSR count). The zero-order chi connectivity index (χ0) is 11.7. The van der Waals surface area contributed by atoms with Gasteiger partial charge < -0.3 is 10.2 Å². The van der Waals surface area contributed by atoms with Crippen LogP contribution < -0.4 is 5.32 Å². The van der Waals surface area contributed by atoms with Gasteiger partial charge in [0.15, 0.2) is 9.84 Å². The Labute approximate surface area is 90.7 Å². The van der Waals surface area contributed by atoms with Crippen molar-refractivity contribution in [2.75, 3.05) is 31.6 Å². The first-order valence-electron chi connectivity index (χ1n) is 4.91. The van der Waals surface area contributed by atoms with E-state index < -0.39 is 15.6 Å². The van der Waals surface area contributed by atoms with E-state index in [9.17, 15) is 13.2 Å². The number of hydrogen-bond donors (Lipinski definition) is 1. The predicted octanol–water partition coefficient (Wildman–Crippen LogP) is -0.759. The van der Waals surface area contributed by atoms with Crippen LogP contribution in [0.4, 0.5) is 0 Å². The SMILES string of the molecule is CC1(C)CNCCN1C(=O)CS(C)(=O)=O. The summed E-state index contributed by atoms with van der Waals surface area (Å²) >= 11 is 0. The van der Waals surface area contributed by atoms with E-state index in [0.717, 1.165) is 12.8 Å². The fourth-order valence-electron chi connectivity index (χ4n) is 1.75. The van der Waals surface area contributed by atoms with E-state index in [1.54, 1.807) is 4.90 Å². The molecule has 1 aliphatic rings. The van der Waals surface area contributed by atoms with Crippen LogP contribution in [0, 0.1) is 0 Å². The van der Waals surface area contributed by atoms with Gasteiger partial charge in [0.25, 0.3) is 0 Å². The van der Waals surface area contributed by atoms with Crippen molar-refractivity contribution in [3.63, 3.8) is 0 Å². The van der Waals surface area contributed by atoms with E-state index >= 15 is 0 Å². The largest absolute Gasteiger partial charge is 0.334 e. The second-order valence-electron chi connectivity index (χ2n) is 4.60. The van der Waals surface area contributed by atoms with Crippen LogP contribution >= 0.6 is 0 Å². The van der Waals surface area contributed by atoms with Crippen molar-refractivity contribution in [1.29, 1.82) is 0 Å². The number of piperazine rings is 1. The summed E-state index contributed by atoms with van der Waals surface area (Å²) in [4.78, 5) is 13.4. The number of carbonyl (C=O) groups excluding carboxylic acids is 1. The third-order valence-corrected chi connectivity index (χ3v) is 3.26.